The van der Waals surface area contributed by atoms with Crippen LogP contribution >= 0.6 is 0 Å². The van der Waals surface area contributed by atoms with E-state index in [1.165, 1.54) is 0 Å². The second-order valence-corrected chi connectivity index (χ2v) is 5.66. The third-order valence-electron chi connectivity index (χ3n) is 3.59. The quantitative estimate of drug-likeness (QED) is 0.678. The second-order valence-electron chi connectivity index (χ2n) is 5.66. The van der Waals surface area contributed by atoms with E-state index in [1.54, 1.807) is 42.6 Å². The lowest BCUT2D eigenvalue weighted by Gasteiger charge is -2.13. The molecule has 0 fully saturated rings. The van der Waals surface area contributed by atoms with Crippen LogP contribution in [0, 0.1) is 5.92 Å². The summed E-state index contributed by atoms with van der Waals surface area (Å²) >= 11 is 0. The molecule has 0 saturated heterocycles. The number of carboxylic acid groups (broad SMARTS) is 1. The fourth-order valence-corrected chi connectivity index (χ4v) is 2.23. The van der Waals surface area contributed by atoms with Crippen LogP contribution in [-0.2, 0) is 9.59 Å². The fourth-order valence-electron chi connectivity index (χ4n) is 2.23. The number of benzene rings is 1. The van der Waals surface area contributed by atoms with Crippen molar-refractivity contribution in [2.24, 2.45) is 5.92 Å². The van der Waals surface area contributed by atoms with E-state index in [0.29, 0.717) is 23.8 Å². The maximum atomic E-state index is 11.8. The van der Waals surface area contributed by atoms with Crippen LogP contribution < -0.4 is 14.8 Å². The molecule has 0 bridgehead atoms. The number of rotatable bonds is 10. The highest BCUT2D eigenvalue weighted by Crippen LogP contribution is 2.22. The number of ether oxygens (including phenoxy) is 2. The minimum atomic E-state index is -0.906. The van der Waals surface area contributed by atoms with Gasteiger partial charge in [-0.25, -0.2) is 4.98 Å². The molecule has 2 rings (SSSR count). The topological polar surface area (TPSA) is 97.8 Å². The molecular weight excluding hydrogens is 336 g/mol. The van der Waals surface area contributed by atoms with Crippen molar-refractivity contribution in [3.63, 3.8) is 0 Å². The molecule has 1 atom stereocenters. The average Bonchev–Trinajstić information content (AvgIpc) is 2.65. The summed E-state index contributed by atoms with van der Waals surface area (Å²) in [5.41, 5.74) is 0. The number of aliphatic carboxylic acids is 1. The van der Waals surface area contributed by atoms with Gasteiger partial charge < -0.3 is 19.9 Å². The normalized spacial score (nSPS) is 11.4. The molecule has 0 spiro atoms. The van der Waals surface area contributed by atoms with Crippen molar-refractivity contribution >= 4 is 11.9 Å². The Morgan fingerprint density at radius 3 is 2.50 bits per heavy atom. The Labute approximate surface area is 152 Å². The minimum Gasteiger partial charge on any atom is -0.484 e. The van der Waals surface area contributed by atoms with Gasteiger partial charge in [-0.2, -0.15) is 0 Å². The van der Waals surface area contributed by atoms with Crippen molar-refractivity contribution < 1.29 is 24.2 Å². The van der Waals surface area contributed by atoms with Crippen molar-refractivity contribution in [2.75, 3.05) is 13.2 Å². The van der Waals surface area contributed by atoms with Crippen LogP contribution in [-0.4, -0.2) is 35.1 Å². The number of carbonyl (C=O) groups excluding carboxylic acids is 1. The molecule has 0 saturated carbocycles. The van der Waals surface area contributed by atoms with Gasteiger partial charge in [-0.1, -0.05) is 19.4 Å². The standard InChI is InChI=1S/C19H22N2O5/c1-2-5-14(19(23)24)12-21-17(22)13-25-15-7-9-16(10-8-15)26-18-6-3-4-11-20-18/h3-4,6-11,14H,2,5,12-13H2,1H3,(H,21,22)(H,23,24). The maximum Gasteiger partial charge on any atom is 0.308 e. The van der Waals surface area contributed by atoms with E-state index in [9.17, 15) is 9.59 Å². The molecule has 7 nitrogen and oxygen atoms in total. The van der Waals surface area contributed by atoms with Crippen molar-refractivity contribution in [3.8, 4) is 17.4 Å². The predicted molar refractivity (Wildman–Crippen MR) is 95.3 cm³/mol. The molecule has 1 amide bonds. The van der Waals surface area contributed by atoms with Crippen LogP contribution in [0.2, 0.25) is 0 Å². The zero-order chi connectivity index (χ0) is 18.8. The monoisotopic (exact) mass is 358 g/mol. The fraction of sp³-hybridized carbons (Fsp3) is 0.316. The number of pyridine rings is 1. The minimum absolute atomic E-state index is 0.0994. The van der Waals surface area contributed by atoms with Crippen molar-refractivity contribution in [1.29, 1.82) is 0 Å². The first-order chi connectivity index (χ1) is 12.6. The number of amides is 1. The summed E-state index contributed by atoms with van der Waals surface area (Å²) < 4.78 is 11.0. The molecule has 1 unspecified atom stereocenters. The zero-order valence-corrected chi connectivity index (χ0v) is 14.6. The summed E-state index contributed by atoms with van der Waals surface area (Å²) in [6.45, 7) is 1.82. The zero-order valence-electron chi connectivity index (χ0n) is 14.6. The highest BCUT2D eigenvalue weighted by atomic mass is 16.5. The van der Waals surface area contributed by atoms with Gasteiger partial charge >= 0.3 is 5.97 Å². The molecule has 7 heteroatoms. The summed E-state index contributed by atoms with van der Waals surface area (Å²) in [5.74, 6) is -0.244. The first-order valence-electron chi connectivity index (χ1n) is 8.39. The average molecular weight is 358 g/mol. The largest absolute Gasteiger partial charge is 0.484 e. The van der Waals surface area contributed by atoms with Crippen molar-refractivity contribution in [1.82, 2.24) is 10.3 Å². The predicted octanol–water partition coefficient (Wildman–Crippen LogP) is 2.87. The van der Waals surface area contributed by atoms with Crippen LogP contribution in [0.3, 0.4) is 0 Å². The van der Waals surface area contributed by atoms with Crippen LogP contribution in [0.1, 0.15) is 19.8 Å². The van der Waals surface area contributed by atoms with E-state index < -0.39 is 11.9 Å². The second kappa shape index (κ2) is 10.0. The Morgan fingerprint density at radius 2 is 1.88 bits per heavy atom. The third-order valence-corrected chi connectivity index (χ3v) is 3.59. The van der Waals surface area contributed by atoms with Gasteiger partial charge in [0.25, 0.3) is 5.91 Å². The van der Waals surface area contributed by atoms with Gasteiger partial charge in [-0.15, -0.1) is 0 Å². The number of carboxylic acids is 1. The molecule has 138 valence electrons. The van der Waals surface area contributed by atoms with Crippen LogP contribution in [0.4, 0.5) is 0 Å². The van der Waals surface area contributed by atoms with Crippen LogP contribution in [0.5, 0.6) is 17.4 Å². The van der Waals surface area contributed by atoms with Crippen molar-refractivity contribution in [2.45, 2.75) is 19.8 Å². The van der Waals surface area contributed by atoms with Crippen LogP contribution in [0.15, 0.2) is 48.7 Å². The highest BCUT2D eigenvalue weighted by molar-refractivity contribution is 5.78. The van der Waals surface area contributed by atoms with Crippen LogP contribution in [0.25, 0.3) is 0 Å². The Morgan fingerprint density at radius 1 is 1.15 bits per heavy atom. The summed E-state index contributed by atoms with van der Waals surface area (Å²) in [4.78, 5) is 26.9. The van der Waals surface area contributed by atoms with E-state index in [-0.39, 0.29) is 19.1 Å². The molecule has 1 heterocycles. The van der Waals surface area contributed by atoms with Gasteiger partial charge in [-0.05, 0) is 36.8 Å². The SMILES string of the molecule is CCCC(CNC(=O)COc1ccc(Oc2ccccn2)cc1)C(=O)O. The summed E-state index contributed by atoms with van der Waals surface area (Å²) in [7, 11) is 0. The molecule has 0 aliphatic heterocycles. The van der Waals surface area contributed by atoms with Gasteiger partial charge in [0.15, 0.2) is 6.61 Å². The van der Waals surface area contributed by atoms with E-state index in [0.717, 1.165) is 6.42 Å². The number of carbonyl (C=O) groups is 2. The van der Waals surface area contributed by atoms with Gasteiger partial charge in [0, 0.05) is 18.8 Å². The molecule has 2 aromatic rings. The smallest absolute Gasteiger partial charge is 0.308 e. The van der Waals surface area contributed by atoms with Gasteiger partial charge in [0.2, 0.25) is 5.88 Å². The molecule has 26 heavy (non-hydrogen) atoms. The molecular formula is C19H22N2O5. The van der Waals surface area contributed by atoms with Gasteiger partial charge in [0.1, 0.15) is 11.5 Å². The maximum absolute atomic E-state index is 11.8. The van der Waals surface area contributed by atoms with Gasteiger partial charge in [0.05, 0.1) is 5.92 Å². The molecule has 1 aromatic heterocycles. The number of hydrogen-bond donors (Lipinski definition) is 2. The first-order valence-corrected chi connectivity index (χ1v) is 8.39. The Kier molecular flexibility index (Phi) is 7.42. The lowest BCUT2D eigenvalue weighted by molar-refractivity contribution is -0.142. The summed E-state index contributed by atoms with van der Waals surface area (Å²) in [6, 6.07) is 12.2. The number of nitrogens with one attached hydrogen (secondary N) is 1. The van der Waals surface area contributed by atoms with E-state index in [2.05, 4.69) is 10.3 Å². The van der Waals surface area contributed by atoms with Gasteiger partial charge in [-0.3, -0.25) is 9.59 Å². The summed E-state index contributed by atoms with van der Waals surface area (Å²) in [5, 5.41) is 11.6. The molecule has 0 aliphatic rings. The molecule has 1 aromatic carbocycles. The third kappa shape index (κ3) is 6.43. The molecule has 0 radical (unpaired) electrons. The number of hydrogen-bond acceptors (Lipinski definition) is 5. The highest BCUT2D eigenvalue weighted by Gasteiger charge is 2.17. The van der Waals surface area contributed by atoms with Crippen molar-refractivity contribution in [3.05, 3.63) is 48.7 Å². The lowest BCUT2D eigenvalue weighted by Crippen LogP contribution is -2.35. The Bertz CT molecular complexity index is 704. The number of aromatic nitrogens is 1. The van der Waals surface area contributed by atoms with E-state index in [4.69, 9.17) is 14.6 Å². The molecule has 2 N–H and O–H groups in total. The first kappa shape index (κ1) is 19.2. The summed E-state index contributed by atoms with van der Waals surface area (Å²) in [6.07, 6.45) is 2.91. The van der Waals surface area contributed by atoms with E-state index in [1.807, 2.05) is 13.0 Å². The molecule has 0 aliphatic carbocycles. The van der Waals surface area contributed by atoms with E-state index >= 15 is 0 Å². The Hall–Kier alpha value is -3.09. The lowest BCUT2D eigenvalue weighted by atomic mass is 10.0. The number of nitrogens with zero attached hydrogens (tertiary/aromatic N) is 1. The Balaban J connectivity index is 1.76.